The highest BCUT2D eigenvalue weighted by Crippen LogP contribution is 2.41. The Bertz CT molecular complexity index is 1040. The Balaban J connectivity index is 2.06. The van der Waals surface area contributed by atoms with Crippen LogP contribution in [0.2, 0.25) is 10.0 Å². The molecule has 28 heavy (non-hydrogen) atoms. The smallest absolute Gasteiger partial charge is 0.341 e. The number of sulfonamides is 1. The number of carbonyl (C=O) groups excluding carboxylic acids is 1. The fourth-order valence-electron chi connectivity index (χ4n) is 2.98. The van der Waals surface area contributed by atoms with E-state index in [9.17, 15) is 13.2 Å². The summed E-state index contributed by atoms with van der Waals surface area (Å²) < 4.78 is 38.3. The van der Waals surface area contributed by atoms with Crippen molar-refractivity contribution in [3.05, 3.63) is 38.2 Å². The fraction of sp³-hybridized carbons (Fsp3) is 0.353. The molecule has 0 saturated carbocycles. The highest BCUT2D eigenvalue weighted by molar-refractivity contribution is 7.93. The van der Waals surface area contributed by atoms with Gasteiger partial charge in [-0.25, -0.2) is 13.2 Å². The molecule has 1 aliphatic rings. The molecule has 1 N–H and O–H groups in total. The zero-order valence-electron chi connectivity index (χ0n) is 15.3. The Labute approximate surface area is 177 Å². The standard InChI is InChI=1S/C17H18Cl2N2O5S2/c1-21-7-6-9-11(8-21)27-16(13(9)17(22)26-3)20-28(23,24)12-5-4-10(25-2)14(18)15(12)19/h4-5,20H,6-8H2,1-3H3. The molecule has 1 aromatic carbocycles. The number of ether oxygens (including phenoxy) is 2. The van der Waals surface area contributed by atoms with Gasteiger partial charge in [0.1, 0.15) is 20.7 Å². The minimum atomic E-state index is -4.10. The highest BCUT2D eigenvalue weighted by Gasteiger charge is 2.31. The van der Waals surface area contributed by atoms with Crippen LogP contribution < -0.4 is 9.46 Å². The predicted molar refractivity (Wildman–Crippen MR) is 110 cm³/mol. The Morgan fingerprint density at radius 2 is 1.96 bits per heavy atom. The topological polar surface area (TPSA) is 84.9 Å². The van der Waals surface area contributed by atoms with Gasteiger partial charge in [-0.15, -0.1) is 11.3 Å². The summed E-state index contributed by atoms with van der Waals surface area (Å²) in [5.74, 6) is -0.325. The van der Waals surface area contributed by atoms with Gasteiger partial charge in [0.15, 0.2) is 0 Å². The number of nitrogens with one attached hydrogen (secondary N) is 1. The van der Waals surface area contributed by atoms with Crippen molar-refractivity contribution >= 4 is 55.5 Å². The van der Waals surface area contributed by atoms with Crippen molar-refractivity contribution in [2.24, 2.45) is 0 Å². The fourth-order valence-corrected chi connectivity index (χ4v) is 6.44. The normalized spacial score (nSPS) is 14.5. The van der Waals surface area contributed by atoms with Crippen molar-refractivity contribution in [1.29, 1.82) is 0 Å². The average Bonchev–Trinajstić information content (AvgIpc) is 2.98. The first kappa shape index (κ1) is 21.2. The molecular weight excluding hydrogens is 447 g/mol. The van der Waals surface area contributed by atoms with Crippen molar-refractivity contribution in [3.63, 3.8) is 0 Å². The third kappa shape index (κ3) is 3.81. The molecule has 0 atom stereocenters. The molecule has 7 nitrogen and oxygen atoms in total. The first-order valence-corrected chi connectivity index (χ1v) is 11.2. The lowest BCUT2D eigenvalue weighted by molar-refractivity contribution is 0.0600. The molecule has 0 unspecified atom stereocenters. The lowest BCUT2D eigenvalue weighted by atomic mass is 10.0. The Morgan fingerprint density at radius 1 is 1.25 bits per heavy atom. The molecule has 0 bridgehead atoms. The molecule has 0 amide bonds. The first-order chi connectivity index (χ1) is 13.2. The van der Waals surface area contributed by atoms with Crippen LogP contribution in [0.5, 0.6) is 5.75 Å². The second-order valence-electron chi connectivity index (χ2n) is 6.19. The van der Waals surface area contributed by atoms with Crippen LogP contribution in [0.25, 0.3) is 0 Å². The van der Waals surface area contributed by atoms with Gasteiger partial charge in [-0.2, -0.15) is 0 Å². The van der Waals surface area contributed by atoms with Crippen molar-refractivity contribution in [3.8, 4) is 5.75 Å². The van der Waals surface area contributed by atoms with Gasteiger partial charge in [0.2, 0.25) is 0 Å². The van der Waals surface area contributed by atoms with Crippen LogP contribution in [-0.4, -0.2) is 47.1 Å². The molecule has 0 aliphatic carbocycles. The number of likely N-dealkylation sites (N-methyl/N-ethyl adjacent to an activating group) is 1. The number of hydrogen-bond donors (Lipinski definition) is 1. The van der Waals surface area contributed by atoms with Crippen LogP contribution in [0.1, 0.15) is 20.8 Å². The third-order valence-electron chi connectivity index (χ3n) is 4.39. The van der Waals surface area contributed by atoms with Crippen LogP contribution in [0.15, 0.2) is 17.0 Å². The number of methoxy groups -OCH3 is 2. The van der Waals surface area contributed by atoms with E-state index in [0.29, 0.717) is 13.0 Å². The van der Waals surface area contributed by atoms with E-state index in [2.05, 4.69) is 9.62 Å². The number of thiophene rings is 1. The van der Waals surface area contributed by atoms with E-state index in [4.69, 9.17) is 32.7 Å². The van der Waals surface area contributed by atoms with Crippen LogP contribution in [0.3, 0.4) is 0 Å². The largest absolute Gasteiger partial charge is 0.495 e. The number of rotatable bonds is 5. The molecule has 152 valence electrons. The molecule has 0 spiro atoms. The molecule has 1 aliphatic heterocycles. The lowest BCUT2D eigenvalue weighted by Crippen LogP contribution is -2.26. The van der Waals surface area contributed by atoms with Crippen molar-refractivity contribution in [2.75, 3.05) is 32.5 Å². The molecule has 1 aromatic heterocycles. The maximum atomic E-state index is 13.0. The second-order valence-corrected chi connectivity index (χ2v) is 9.70. The summed E-state index contributed by atoms with van der Waals surface area (Å²) in [4.78, 5) is 15.2. The molecular formula is C17H18Cl2N2O5S2. The zero-order valence-corrected chi connectivity index (χ0v) is 18.5. The summed E-state index contributed by atoms with van der Waals surface area (Å²) in [6.45, 7) is 1.39. The molecule has 0 radical (unpaired) electrons. The van der Waals surface area contributed by atoms with Gasteiger partial charge in [0.05, 0.1) is 24.8 Å². The number of carbonyl (C=O) groups is 1. The number of benzene rings is 1. The number of anilines is 1. The molecule has 0 fully saturated rings. The van der Waals surface area contributed by atoms with E-state index in [1.165, 1.54) is 37.7 Å². The van der Waals surface area contributed by atoms with E-state index in [1.54, 1.807) is 0 Å². The summed E-state index contributed by atoms with van der Waals surface area (Å²) >= 11 is 13.5. The van der Waals surface area contributed by atoms with Crippen molar-refractivity contribution in [2.45, 2.75) is 17.9 Å². The summed E-state index contributed by atoms with van der Waals surface area (Å²) in [5, 5.41) is 0.0386. The molecule has 11 heteroatoms. The lowest BCUT2D eigenvalue weighted by Gasteiger charge is -2.22. The molecule has 2 heterocycles. The van der Waals surface area contributed by atoms with E-state index in [1.807, 2.05) is 7.05 Å². The van der Waals surface area contributed by atoms with Crippen molar-refractivity contribution in [1.82, 2.24) is 4.90 Å². The summed E-state index contributed by atoms with van der Waals surface area (Å²) in [6, 6.07) is 2.72. The quantitative estimate of drug-likeness (QED) is 0.679. The van der Waals surface area contributed by atoms with Crippen LogP contribution >= 0.6 is 34.5 Å². The molecule has 0 saturated heterocycles. The van der Waals surface area contributed by atoms with Gasteiger partial charge in [-0.1, -0.05) is 23.2 Å². The molecule has 3 rings (SSSR count). The SMILES string of the molecule is COC(=O)c1c(NS(=O)(=O)c2ccc(OC)c(Cl)c2Cl)sc2c1CCN(C)C2. The third-order valence-corrected chi connectivity index (χ3v) is 8.02. The first-order valence-electron chi connectivity index (χ1n) is 8.15. The number of halogens is 2. The zero-order chi connectivity index (χ0) is 20.6. The number of fused-ring (bicyclic) bond motifs is 1. The van der Waals surface area contributed by atoms with Gasteiger partial charge in [0.25, 0.3) is 10.0 Å². The van der Waals surface area contributed by atoms with E-state index in [0.717, 1.165) is 17.0 Å². The monoisotopic (exact) mass is 464 g/mol. The Kier molecular flexibility index (Phi) is 6.11. The summed E-state index contributed by atoms with van der Waals surface area (Å²) in [6.07, 6.45) is 0.629. The highest BCUT2D eigenvalue weighted by atomic mass is 35.5. The van der Waals surface area contributed by atoms with Crippen LogP contribution in [0, 0.1) is 0 Å². The van der Waals surface area contributed by atoms with Gasteiger partial charge < -0.3 is 14.4 Å². The second kappa shape index (κ2) is 8.08. The minimum absolute atomic E-state index is 0.00710. The Morgan fingerprint density at radius 3 is 2.61 bits per heavy atom. The molecule has 2 aromatic rings. The minimum Gasteiger partial charge on any atom is -0.495 e. The summed E-state index contributed by atoms with van der Waals surface area (Å²) in [5.41, 5.74) is 1.06. The maximum Gasteiger partial charge on any atom is 0.341 e. The van der Waals surface area contributed by atoms with Gasteiger partial charge in [-0.3, -0.25) is 4.72 Å². The maximum absolute atomic E-state index is 13.0. The number of nitrogens with zero attached hydrogens (tertiary/aromatic N) is 1. The number of hydrogen-bond acceptors (Lipinski definition) is 7. The van der Waals surface area contributed by atoms with E-state index >= 15 is 0 Å². The predicted octanol–water partition coefficient (Wildman–Crippen LogP) is 3.64. The van der Waals surface area contributed by atoms with Gasteiger partial charge >= 0.3 is 5.97 Å². The average molecular weight is 465 g/mol. The summed E-state index contributed by atoms with van der Waals surface area (Å²) in [7, 11) is 0.526. The van der Waals surface area contributed by atoms with Crippen LogP contribution in [0.4, 0.5) is 5.00 Å². The number of esters is 1. The van der Waals surface area contributed by atoms with Gasteiger partial charge in [-0.05, 0) is 31.2 Å². The van der Waals surface area contributed by atoms with E-state index in [-0.39, 0.29) is 31.3 Å². The van der Waals surface area contributed by atoms with Gasteiger partial charge in [0, 0.05) is 18.0 Å². The van der Waals surface area contributed by atoms with Crippen LogP contribution in [-0.2, 0) is 27.7 Å². The van der Waals surface area contributed by atoms with E-state index < -0.39 is 16.0 Å². The van der Waals surface area contributed by atoms with Crippen molar-refractivity contribution < 1.29 is 22.7 Å². The Hall–Kier alpha value is -1.52.